The fourth-order valence-electron chi connectivity index (χ4n) is 2.27. The summed E-state index contributed by atoms with van der Waals surface area (Å²) >= 11 is 0. The van der Waals surface area contributed by atoms with Crippen LogP contribution in [0, 0.1) is 11.7 Å². The quantitative estimate of drug-likeness (QED) is 0.867. The van der Waals surface area contributed by atoms with Gasteiger partial charge in [0, 0.05) is 19.7 Å². The Hall–Kier alpha value is -1.13. The van der Waals surface area contributed by atoms with Gasteiger partial charge in [-0.05, 0) is 36.6 Å². The van der Waals surface area contributed by atoms with E-state index >= 15 is 0 Å². The number of rotatable bonds is 4. The molecule has 0 bridgehead atoms. The van der Waals surface area contributed by atoms with Crippen molar-refractivity contribution < 1.29 is 14.2 Å². The van der Waals surface area contributed by atoms with Crippen LogP contribution in [-0.2, 0) is 6.54 Å². The first kappa shape index (κ1) is 12.3. The third-order valence-electron chi connectivity index (χ3n) is 3.25. The smallest absolute Gasteiger partial charge is 0.165 e. The summed E-state index contributed by atoms with van der Waals surface area (Å²) in [4.78, 5) is 2.24. The highest BCUT2D eigenvalue weighted by molar-refractivity contribution is 5.29. The Balaban J connectivity index is 1.97. The molecule has 3 nitrogen and oxygen atoms in total. The summed E-state index contributed by atoms with van der Waals surface area (Å²) in [5, 5.41) is 9.06. The molecular formula is C13H18FNO2. The fraction of sp³-hybridized carbons (Fsp3) is 0.538. The molecule has 17 heavy (non-hydrogen) atoms. The summed E-state index contributed by atoms with van der Waals surface area (Å²) in [5.41, 5.74) is 0.946. The van der Waals surface area contributed by atoms with Gasteiger partial charge in [-0.3, -0.25) is 4.90 Å². The maximum Gasteiger partial charge on any atom is 0.165 e. The highest BCUT2D eigenvalue weighted by Crippen LogP contribution is 2.21. The van der Waals surface area contributed by atoms with Crippen LogP contribution in [-0.4, -0.2) is 36.8 Å². The molecule has 0 amide bonds. The van der Waals surface area contributed by atoms with Gasteiger partial charge in [0.2, 0.25) is 0 Å². The minimum atomic E-state index is -0.317. The first-order valence-corrected chi connectivity index (χ1v) is 5.88. The van der Waals surface area contributed by atoms with Gasteiger partial charge in [-0.1, -0.05) is 6.07 Å². The number of halogens is 1. The second-order valence-electron chi connectivity index (χ2n) is 4.54. The van der Waals surface area contributed by atoms with Gasteiger partial charge in [0.15, 0.2) is 11.6 Å². The molecule has 1 unspecified atom stereocenters. The lowest BCUT2D eigenvalue weighted by Crippen LogP contribution is -2.21. The summed E-state index contributed by atoms with van der Waals surface area (Å²) < 4.78 is 18.4. The van der Waals surface area contributed by atoms with E-state index in [4.69, 9.17) is 9.84 Å². The maximum absolute atomic E-state index is 13.5. The van der Waals surface area contributed by atoms with E-state index in [1.807, 2.05) is 6.07 Å². The molecule has 0 aromatic heterocycles. The van der Waals surface area contributed by atoms with Crippen LogP contribution in [0.2, 0.25) is 0 Å². The molecule has 1 saturated heterocycles. The molecule has 1 aliphatic rings. The second kappa shape index (κ2) is 5.47. The van der Waals surface area contributed by atoms with Crippen molar-refractivity contribution in [2.45, 2.75) is 13.0 Å². The predicted octanol–water partition coefficient (Wildman–Crippen LogP) is 1.65. The van der Waals surface area contributed by atoms with Crippen LogP contribution in [0.3, 0.4) is 0 Å². The van der Waals surface area contributed by atoms with Gasteiger partial charge < -0.3 is 9.84 Å². The Bertz CT molecular complexity index is 384. The summed E-state index contributed by atoms with van der Waals surface area (Å²) in [6, 6.07) is 5.06. The maximum atomic E-state index is 13.5. The Kier molecular flexibility index (Phi) is 3.97. The van der Waals surface area contributed by atoms with E-state index in [9.17, 15) is 4.39 Å². The second-order valence-corrected chi connectivity index (χ2v) is 4.54. The number of benzene rings is 1. The van der Waals surface area contributed by atoms with Crippen LogP contribution in [0.25, 0.3) is 0 Å². The molecule has 1 aromatic rings. The predicted molar refractivity (Wildman–Crippen MR) is 63.4 cm³/mol. The normalized spacial score (nSPS) is 20.8. The van der Waals surface area contributed by atoms with E-state index in [-0.39, 0.29) is 18.2 Å². The van der Waals surface area contributed by atoms with Gasteiger partial charge in [-0.25, -0.2) is 4.39 Å². The van der Waals surface area contributed by atoms with Gasteiger partial charge in [-0.15, -0.1) is 0 Å². The Morgan fingerprint density at radius 3 is 2.94 bits per heavy atom. The van der Waals surface area contributed by atoms with Crippen molar-refractivity contribution in [1.82, 2.24) is 4.90 Å². The largest absolute Gasteiger partial charge is 0.494 e. The molecule has 1 aliphatic heterocycles. The zero-order valence-electron chi connectivity index (χ0n) is 10.0. The number of aliphatic hydroxyl groups is 1. The third-order valence-corrected chi connectivity index (χ3v) is 3.25. The summed E-state index contributed by atoms with van der Waals surface area (Å²) in [6.45, 7) is 2.84. The van der Waals surface area contributed by atoms with E-state index in [1.165, 1.54) is 13.2 Å². The number of hydrogen-bond donors (Lipinski definition) is 1. The van der Waals surface area contributed by atoms with Gasteiger partial charge in [0.1, 0.15) is 0 Å². The van der Waals surface area contributed by atoms with Crippen LogP contribution in [0.4, 0.5) is 4.39 Å². The van der Waals surface area contributed by atoms with Gasteiger partial charge in [-0.2, -0.15) is 0 Å². The van der Waals surface area contributed by atoms with Crippen LogP contribution in [0.5, 0.6) is 5.75 Å². The highest BCUT2D eigenvalue weighted by atomic mass is 19.1. The molecule has 0 aliphatic carbocycles. The zero-order chi connectivity index (χ0) is 12.3. The fourth-order valence-corrected chi connectivity index (χ4v) is 2.27. The standard InChI is InChI=1S/C13H18FNO2/c1-17-13-3-2-10(6-12(13)14)7-15-5-4-11(8-15)9-16/h2-3,6,11,16H,4-5,7-9H2,1H3. The molecule has 94 valence electrons. The molecule has 4 heteroatoms. The zero-order valence-corrected chi connectivity index (χ0v) is 10.0. The van der Waals surface area contributed by atoms with Crippen molar-refractivity contribution in [3.05, 3.63) is 29.6 Å². The van der Waals surface area contributed by atoms with Gasteiger partial charge in [0.25, 0.3) is 0 Å². The SMILES string of the molecule is COc1ccc(CN2CCC(CO)C2)cc1F. The van der Waals surface area contributed by atoms with Crippen molar-refractivity contribution in [2.24, 2.45) is 5.92 Å². The first-order valence-electron chi connectivity index (χ1n) is 5.88. The third kappa shape index (κ3) is 2.96. The monoisotopic (exact) mass is 239 g/mol. The van der Waals surface area contributed by atoms with Crippen LogP contribution in [0.15, 0.2) is 18.2 Å². The molecule has 0 saturated carbocycles. The molecule has 0 spiro atoms. The highest BCUT2D eigenvalue weighted by Gasteiger charge is 2.21. The number of likely N-dealkylation sites (tertiary alicyclic amines) is 1. The molecule has 1 fully saturated rings. The number of hydrogen-bond acceptors (Lipinski definition) is 3. The van der Waals surface area contributed by atoms with E-state index in [0.29, 0.717) is 5.92 Å². The van der Waals surface area contributed by atoms with E-state index in [1.54, 1.807) is 6.07 Å². The topological polar surface area (TPSA) is 32.7 Å². The molecular weight excluding hydrogens is 221 g/mol. The molecule has 1 heterocycles. The van der Waals surface area contributed by atoms with Crippen LogP contribution in [0.1, 0.15) is 12.0 Å². The average molecular weight is 239 g/mol. The summed E-state index contributed by atoms with van der Waals surface area (Å²) in [6.07, 6.45) is 1.02. The number of ether oxygens (including phenoxy) is 1. The first-order chi connectivity index (χ1) is 8.22. The lowest BCUT2D eigenvalue weighted by atomic mass is 10.1. The number of aliphatic hydroxyl groups excluding tert-OH is 1. The van der Waals surface area contributed by atoms with Crippen LogP contribution >= 0.6 is 0 Å². The van der Waals surface area contributed by atoms with Crippen molar-refractivity contribution in [1.29, 1.82) is 0 Å². The van der Waals surface area contributed by atoms with Crippen molar-refractivity contribution in [3.8, 4) is 5.75 Å². The summed E-state index contributed by atoms with van der Waals surface area (Å²) in [5.74, 6) is 0.337. The number of methoxy groups -OCH3 is 1. The lowest BCUT2D eigenvalue weighted by Gasteiger charge is -2.16. The Morgan fingerprint density at radius 2 is 2.35 bits per heavy atom. The molecule has 2 rings (SSSR count). The van der Waals surface area contributed by atoms with Crippen molar-refractivity contribution in [2.75, 3.05) is 26.8 Å². The van der Waals surface area contributed by atoms with E-state index in [0.717, 1.165) is 31.6 Å². The van der Waals surface area contributed by atoms with Crippen molar-refractivity contribution >= 4 is 0 Å². The molecule has 1 atom stereocenters. The van der Waals surface area contributed by atoms with Crippen molar-refractivity contribution in [3.63, 3.8) is 0 Å². The van der Waals surface area contributed by atoms with Gasteiger partial charge in [0.05, 0.1) is 7.11 Å². The van der Waals surface area contributed by atoms with E-state index in [2.05, 4.69) is 4.90 Å². The minimum absolute atomic E-state index is 0.244. The summed E-state index contributed by atoms with van der Waals surface area (Å²) in [7, 11) is 1.46. The molecule has 1 aromatic carbocycles. The number of nitrogens with zero attached hydrogens (tertiary/aromatic N) is 1. The average Bonchev–Trinajstić information content (AvgIpc) is 2.77. The Morgan fingerprint density at radius 1 is 1.53 bits per heavy atom. The van der Waals surface area contributed by atoms with Gasteiger partial charge >= 0.3 is 0 Å². The lowest BCUT2D eigenvalue weighted by molar-refractivity contribution is 0.220. The van der Waals surface area contributed by atoms with E-state index < -0.39 is 0 Å². The van der Waals surface area contributed by atoms with Crippen LogP contribution < -0.4 is 4.74 Å². The molecule has 0 radical (unpaired) electrons. The molecule has 1 N–H and O–H groups in total. The Labute approximate surface area is 101 Å². The minimum Gasteiger partial charge on any atom is -0.494 e.